The van der Waals surface area contributed by atoms with E-state index in [0.29, 0.717) is 0 Å². The van der Waals surface area contributed by atoms with Crippen molar-refractivity contribution < 1.29 is 13.2 Å². The van der Waals surface area contributed by atoms with E-state index in [1.807, 2.05) is 0 Å². The fourth-order valence-corrected chi connectivity index (χ4v) is 0.937. The SMILES string of the molecule is Cc1c(C(F)F)cnc(F)c1C#N. The molecule has 2 nitrogen and oxygen atoms in total. The minimum Gasteiger partial charge on any atom is -0.227 e. The molecule has 0 fully saturated rings. The summed E-state index contributed by atoms with van der Waals surface area (Å²) in [6.45, 7) is 1.27. The zero-order valence-corrected chi connectivity index (χ0v) is 6.68. The Hall–Kier alpha value is -1.57. The average molecular weight is 186 g/mol. The first kappa shape index (κ1) is 9.52. The van der Waals surface area contributed by atoms with Crippen LogP contribution in [-0.2, 0) is 0 Å². The molecule has 0 radical (unpaired) electrons. The van der Waals surface area contributed by atoms with Crippen molar-refractivity contribution in [1.29, 1.82) is 5.26 Å². The number of nitrogens with zero attached hydrogens (tertiary/aromatic N) is 2. The van der Waals surface area contributed by atoms with Crippen molar-refractivity contribution in [2.24, 2.45) is 0 Å². The highest BCUT2D eigenvalue weighted by Gasteiger charge is 2.16. The van der Waals surface area contributed by atoms with E-state index in [-0.39, 0.29) is 5.56 Å². The summed E-state index contributed by atoms with van der Waals surface area (Å²) in [5.41, 5.74) is -0.874. The van der Waals surface area contributed by atoms with Gasteiger partial charge in [-0.25, -0.2) is 13.8 Å². The molecule has 5 heteroatoms. The van der Waals surface area contributed by atoms with Crippen LogP contribution in [0, 0.1) is 24.2 Å². The molecular weight excluding hydrogens is 181 g/mol. The molecule has 0 spiro atoms. The van der Waals surface area contributed by atoms with E-state index in [2.05, 4.69) is 4.98 Å². The third-order valence-electron chi connectivity index (χ3n) is 1.68. The van der Waals surface area contributed by atoms with Crippen molar-refractivity contribution in [2.75, 3.05) is 0 Å². The maximum absolute atomic E-state index is 12.7. The van der Waals surface area contributed by atoms with Gasteiger partial charge in [-0.15, -0.1) is 0 Å². The van der Waals surface area contributed by atoms with E-state index in [1.54, 1.807) is 0 Å². The fraction of sp³-hybridized carbons (Fsp3) is 0.250. The summed E-state index contributed by atoms with van der Waals surface area (Å²) in [6, 6.07) is 1.49. The minimum absolute atomic E-state index is 0.0509. The predicted molar refractivity (Wildman–Crippen MR) is 38.6 cm³/mol. The Bertz CT molecular complexity index is 368. The first-order chi connectivity index (χ1) is 6.07. The Kier molecular flexibility index (Phi) is 2.52. The summed E-state index contributed by atoms with van der Waals surface area (Å²) in [5.74, 6) is -1.01. The highest BCUT2D eigenvalue weighted by Crippen LogP contribution is 2.24. The molecule has 0 aliphatic carbocycles. The molecule has 0 amide bonds. The van der Waals surface area contributed by atoms with Crippen LogP contribution in [0.3, 0.4) is 0 Å². The lowest BCUT2D eigenvalue weighted by Gasteiger charge is -2.05. The Morgan fingerprint density at radius 3 is 2.62 bits per heavy atom. The van der Waals surface area contributed by atoms with Gasteiger partial charge in [0, 0.05) is 11.8 Å². The van der Waals surface area contributed by atoms with Crippen LogP contribution < -0.4 is 0 Å². The van der Waals surface area contributed by atoms with E-state index in [0.717, 1.165) is 6.20 Å². The highest BCUT2D eigenvalue weighted by atomic mass is 19.3. The quantitative estimate of drug-likeness (QED) is 0.631. The molecule has 0 bridgehead atoms. The Balaban J connectivity index is 3.38. The topological polar surface area (TPSA) is 36.7 Å². The maximum atomic E-state index is 12.7. The first-order valence-electron chi connectivity index (χ1n) is 3.41. The average Bonchev–Trinajstić information content (AvgIpc) is 2.04. The summed E-state index contributed by atoms with van der Waals surface area (Å²) in [5, 5.41) is 8.43. The third kappa shape index (κ3) is 1.61. The minimum atomic E-state index is -2.74. The Morgan fingerprint density at radius 1 is 1.54 bits per heavy atom. The van der Waals surface area contributed by atoms with Gasteiger partial charge in [0.05, 0.1) is 0 Å². The van der Waals surface area contributed by atoms with E-state index in [4.69, 9.17) is 5.26 Å². The fourth-order valence-electron chi connectivity index (χ4n) is 0.937. The van der Waals surface area contributed by atoms with Crippen LogP contribution in [0.1, 0.15) is 23.1 Å². The van der Waals surface area contributed by atoms with Gasteiger partial charge < -0.3 is 0 Å². The van der Waals surface area contributed by atoms with Crippen molar-refractivity contribution >= 4 is 0 Å². The molecule has 1 heterocycles. The smallest absolute Gasteiger partial charge is 0.227 e. The lowest BCUT2D eigenvalue weighted by Crippen LogP contribution is -1.99. The molecular formula is C8H5F3N2. The maximum Gasteiger partial charge on any atom is 0.265 e. The largest absolute Gasteiger partial charge is 0.265 e. The standard InChI is InChI=1S/C8H5F3N2/c1-4-5(2-12)8(11)13-3-6(4)7(9)10/h3,7H,1H3. The summed E-state index contributed by atoms with van der Waals surface area (Å²) >= 11 is 0. The van der Waals surface area contributed by atoms with Gasteiger partial charge in [0.2, 0.25) is 5.95 Å². The van der Waals surface area contributed by atoms with E-state index in [9.17, 15) is 13.2 Å². The van der Waals surface area contributed by atoms with Gasteiger partial charge in [0.1, 0.15) is 11.6 Å². The van der Waals surface area contributed by atoms with E-state index < -0.39 is 23.5 Å². The van der Waals surface area contributed by atoms with Crippen LogP contribution in [0.2, 0.25) is 0 Å². The molecule has 1 aromatic rings. The molecule has 0 aliphatic heterocycles. The van der Waals surface area contributed by atoms with Crippen LogP contribution in [0.4, 0.5) is 13.2 Å². The zero-order valence-electron chi connectivity index (χ0n) is 6.68. The molecule has 1 aromatic heterocycles. The molecule has 1 rings (SSSR count). The lowest BCUT2D eigenvalue weighted by molar-refractivity contribution is 0.150. The highest BCUT2D eigenvalue weighted by molar-refractivity contribution is 5.40. The summed E-state index contributed by atoms with van der Waals surface area (Å²) in [4.78, 5) is 3.06. The van der Waals surface area contributed by atoms with Crippen LogP contribution in [0.25, 0.3) is 0 Å². The van der Waals surface area contributed by atoms with Crippen molar-refractivity contribution in [3.63, 3.8) is 0 Å². The van der Waals surface area contributed by atoms with Gasteiger partial charge in [-0.1, -0.05) is 0 Å². The van der Waals surface area contributed by atoms with Gasteiger partial charge in [0.25, 0.3) is 6.43 Å². The second-order valence-corrected chi connectivity index (χ2v) is 2.42. The molecule has 0 aliphatic rings. The monoisotopic (exact) mass is 186 g/mol. The van der Waals surface area contributed by atoms with Crippen molar-refractivity contribution in [1.82, 2.24) is 4.98 Å². The van der Waals surface area contributed by atoms with Gasteiger partial charge in [-0.2, -0.15) is 9.65 Å². The predicted octanol–water partition coefficient (Wildman–Crippen LogP) is 2.34. The van der Waals surface area contributed by atoms with Crippen LogP contribution in [-0.4, -0.2) is 4.98 Å². The second kappa shape index (κ2) is 3.44. The second-order valence-electron chi connectivity index (χ2n) is 2.42. The van der Waals surface area contributed by atoms with E-state index in [1.165, 1.54) is 13.0 Å². The zero-order chi connectivity index (χ0) is 10.0. The number of alkyl halides is 2. The first-order valence-corrected chi connectivity index (χ1v) is 3.41. The molecule has 68 valence electrons. The molecule has 13 heavy (non-hydrogen) atoms. The Morgan fingerprint density at radius 2 is 2.15 bits per heavy atom. The van der Waals surface area contributed by atoms with Crippen molar-refractivity contribution in [2.45, 2.75) is 13.3 Å². The molecule has 0 saturated carbocycles. The molecule has 0 saturated heterocycles. The van der Waals surface area contributed by atoms with Gasteiger partial charge in [-0.05, 0) is 12.5 Å². The summed E-state index contributed by atoms with van der Waals surface area (Å²) < 4.78 is 37.1. The number of hydrogen-bond acceptors (Lipinski definition) is 2. The number of pyridine rings is 1. The van der Waals surface area contributed by atoms with E-state index >= 15 is 0 Å². The normalized spacial score (nSPS) is 10.2. The van der Waals surface area contributed by atoms with Gasteiger partial charge in [-0.3, -0.25) is 0 Å². The molecule has 0 aromatic carbocycles. The Labute approximate surface area is 72.6 Å². The van der Waals surface area contributed by atoms with Crippen LogP contribution in [0.5, 0.6) is 0 Å². The van der Waals surface area contributed by atoms with Gasteiger partial charge >= 0.3 is 0 Å². The molecule has 0 N–H and O–H groups in total. The lowest BCUT2D eigenvalue weighted by atomic mass is 10.1. The van der Waals surface area contributed by atoms with Gasteiger partial charge in [0.15, 0.2) is 0 Å². The summed E-state index contributed by atoms with van der Waals surface area (Å²) in [7, 11) is 0. The van der Waals surface area contributed by atoms with Crippen LogP contribution in [0.15, 0.2) is 6.20 Å². The number of hydrogen-bond donors (Lipinski definition) is 0. The number of aromatic nitrogens is 1. The van der Waals surface area contributed by atoms with Crippen molar-refractivity contribution in [3.8, 4) is 6.07 Å². The van der Waals surface area contributed by atoms with Crippen LogP contribution >= 0.6 is 0 Å². The number of nitriles is 1. The number of halogens is 3. The molecule has 0 atom stereocenters. The summed E-state index contributed by atoms with van der Waals surface area (Å²) in [6.07, 6.45) is -1.99. The third-order valence-corrected chi connectivity index (χ3v) is 1.68. The van der Waals surface area contributed by atoms with Crippen molar-refractivity contribution in [3.05, 3.63) is 28.8 Å². The molecule has 0 unspecified atom stereocenters. The number of rotatable bonds is 1.